The van der Waals surface area contributed by atoms with Gasteiger partial charge in [-0.25, -0.2) is 0 Å². The van der Waals surface area contributed by atoms with E-state index in [4.69, 9.17) is 4.74 Å². The molecule has 0 bridgehead atoms. The molecule has 0 spiro atoms. The molecule has 0 saturated carbocycles. The van der Waals surface area contributed by atoms with E-state index in [2.05, 4.69) is 17.1 Å². The number of nitro groups is 1. The number of rotatable bonds is 7. The molecular weight excluding hydrogens is 298 g/mol. The summed E-state index contributed by atoms with van der Waals surface area (Å²) in [5, 5.41) is 14.0. The molecule has 1 aliphatic heterocycles. The van der Waals surface area contributed by atoms with Crippen LogP contribution in [-0.4, -0.2) is 43.7 Å². The van der Waals surface area contributed by atoms with Gasteiger partial charge in [0.1, 0.15) is 5.56 Å². The monoisotopic (exact) mass is 321 g/mol. The smallest absolute Gasteiger partial charge is 0.282 e. The van der Waals surface area contributed by atoms with Gasteiger partial charge in [-0.15, -0.1) is 0 Å². The average Bonchev–Trinajstić information content (AvgIpc) is 2.58. The Kier molecular flexibility index (Phi) is 6.34. The number of morpholine rings is 1. The zero-order valence-electron chi connectivity index (χ0n) is 13.4. The third-order valence-corrected chi connectivity index (χ3v) is 3.86. The van der Waals surface area contributed by atoms with Crippen LogP contribution < -0.4 is 10.2 Å². The number of amides is 1. The zero-order valence-corrected chi connectivity index (χ0v) is 13.4. The number of ether oxygens (including phenoxy) is 1. The molecule has 0 unspecified atom stereocenters. The molecule has 0 aromatic heterocycles. The molecule has 0 radical (unpaired) electrons. The molecule has 1 heterocycles. The molecule has 7 nitrogen and oxygen atoms in total. The lowest BCUT2D eigenvalue weighted by molar-refractivity contribution is -0.385. The minimum atomic E-state index is -0.510. The zero-order chi connectivity index (χ0) is 16.7. The Morgan fingerprint density at radius 1 is 1.35 bits per heavy atom. The third kappa shape index (κ3) is 4.66. The van der Waals surface area contributed by atoms with Crippen LogP contribution in [0.15, 0.2) is 18.2 Å². The van der Waals surface area contributed by atoms with Crippen molar-refractivity contribution in [3.8, 4) is 0 Å². The van der Waals surface area contributed by atoms with Crippen LogP contribution in [0, 0.1) is 10.1 Å². The SMILES string of the molecule is CCCCCNC(=O)c1cc(N2CCOCC2)ccc1[N+](=O)[O-]. The summed E-state index contributed by atoms with van der Waals surface area (Å²) in [7, 11) is 0. The van der Waals surface area contributed by atoms with E-state index in [0.29, 0.717) is 19.8 Å². The number of nitrogens with zero attached hydrogens (tertiary/aromatic N) is 2. The number of nitrogens with one attached hydrogen (secondary N) is 1. The second-order valence-corrected chi connectivity index (χ2v) is 5.52. The van der Waals surface area contributed by atoms with Gasteiger partial charge in [0.25, 0.3) is 11.6 Å². The molecule has 1 saturated heterocycles. The van der Waals surface area contributed by atoms with E-state index >= 15 is 0 Å². The highest BCUT2D eigenvalue weighted by Gasteiger charge is 2.22. The van der Waals surface area contributed by atoms with Gasteiger partial charge < -0.3 is 15.0 Å². The van der Waals surface area contributed by atoms with Crippen molar-refractivity contribution in [3.05, 3.63) is 33.9 Å². The summed E-state index contributed by atoms with van der Waals surface area (Å²) in [6.07, 6.45) is 2.96. The molecule has 1 aliphatic rings. The van der Waals surface area contributed by atoms with Crippen molar-refractivity contribution < 1.29 is 14.5 Å². The van der Waals surface area contributed by atoms with Gasteiger partial charge >= 0.3 is 0 Å². The lowest BCUT2D eigenvalue weighted by Gasteiger charge is -2.29. The second kappa shape index (κ2) is 8.47. The van der Waals surface area contributed by atoms with Gasteiger partial charge in [-0.1, -0.05) is 19.8 Å². The van der Waals surface area contributed by atoms with Crippen molar-refractivity contribution in [1.82, 2.24) is 5.32 Å². The maximum Gasteiger partial charge on any atom is 0.282 e. The Morgan fingerprint density at radius 3 is 2.74 bits per heavy atom. The number of nitro benzene ring substituents is 1. The predicted octanol–water partition coefficient (Wildman–Crippen LogP) is 2.35. The highest BCUT2D eigenvalue weighted by atomic mass is 16.6. The van der Waals surface area contributed by atoms with Crippen LogP contribution in [0.4, 0.5) is 11.4 Å². The van der Waals surface area contributed by atoms with Crippen LogP contribution in [0.3, 0.4) is 0 Å². The fourth-order valence-electron chi connectivity index (χ4n) is 2.56. The van der Waals surface area contributed by atoms with Crippen LogP contribution >= 0.6 is 0 Å². The Labute approximate surface area is 135 Å². The van der Waals surface area contributed by atoms with Crippen LogP contribution in [0.5, 0.6) is 0 Å². The van der Waals surface area contributed by atoms with Crippen LogP contribution in [0.2, 0.25) is 0 Å². The maximum absolute atomic E-state index is 12.3. The van der Waals surface area contributed by atoms with Crippen molar-refractivity contribution in [2.45, 2.75) is 26.2 Å². The van der Waals surface area contributed by atoms with Gasteiger partial charge in [0.15, 0.2) is 0 Å². The molecule has 1 fully saturated rings. The molecule has 1 aromatic rings. The Balaban J connectivity index is 2.16. The molecule has 7 heteroatoms. The van der Waals surface area contributed by atoms with E-state index in [1.165, 1.54) is 6.07 Å². The van der Waals surface area contributed by atoms with E-state index < -0.39 is 4.92 Å². The first-order valence-electron chi connectivity index (χ1n) is 8.02. The third-order valence-electron chi connectivity index (χ3n) is 3.86. The van der Waals surface area contributed by atoms with Gasteiger partial charge in [0.05, 0.1) is 18.1 Å². The first-order valence-corrected chi connectivity index (χ1v) is 8.02. The van der Waals surface area contributed by atoms with Crippen molar-refractivity contribution in [3.63, 3.8) is 0 Å². The van der Waals surface area contributed by atoms with Crippen molar-refractivity contribution >= 4 is 17.3 Å². The van der Waals surface area contributed by atoms with Crippen LogP contribution in [-0.2, 0) is 4.74 Å². The summed E-state index contributed by atoms with van der Waals surface area (Å²) >= 11 is 0. The quantitative estimate of drug-likeness (QED) is 0.473. The fraction of sp³-hybridized carbons (Fsp3) is 0.562. The van der Waals surface area contributed by atoms with Gasteiger partial charge in [0.2, 0.25) is 0 Å². The second-order valence-electron chi connectivity index (χ2n) is 5.52. The average molecular weight is 321 g/mol. The van der Waals surface area contributed by atoms with Gasteiger partial charge in [-0.05, 0) is 18.6 Å². The van der Waals surface area contributed by atoms with Crippen LogP contribution in [0.25, 0.3) is 0 Å². The molecule has 1 amide bonds. The normalized spacial score (nSPS) is 14.6. The predicted molar refractivity (Wildman–Crippen MR) is 88.0 cm³/mol. The van der Waals surface area contributed by atoms with E-state index in [9.17, 15) is 14.9 Å². The lowest BCUT2D eigenvalue weighted by atomic mass is 10.1. The molecule has 0 aliphatic carbocycles. The number of carbonyl (C=O) groups is 1. The van der Waals surface area contributed by atoms with Gasteiger partial charge in [-0.3, -0.25) is 14.9 Å². The van der Waals surface area contributed by atoms with E-state index in [1.807, 2.05) is 0 Å². The van der Waals surface area contributed by atoms with Gasteiger partial charge in [0, 0.05) is 31.4 Å². The number of anilines is 1. The minimum Gasteiger partial charge on any atom is -0.378 e. The number of unbranched alkanes of at least 4 members (excludes halogenated alkanes) is 2. The van der Waals surface area contributed by atoms with E-state index in [-0.39, 0.29) is 17.2 Å². The number of benzene rings is 1. The number of hydrogen-bond acceptors (Lipinski definition) is 5. The molecule has 126 valence electrons. The molecule has 1 N–H and O–H groups in total. The van der Waals surface area contributed by atoms with Crippen molar-refractivity contribution in [1.29, 1.82) is 0 Å². The first kappa shape index (κ1) is 17.2. The topological polar surface area (TPSA) is 84.7 Å². The summed E-state index contributed by atoms with van der Waals surface area (Å²) in [5.74, 6) is -0.386. The minimum absolute atomic E-state index is 0.121. The standard InChI is InChI=1S/C16H23N3O4/c1-2-3-4-7-17-16(20)14-12-13(5-6-15(14)19(21)22)18-8-10-23-11-9-18/h5-6,12H,2-4,7-11H2,1H3,(H,17,20). The summed E-state index contributed by atoms with van der Waals surface area (Å²) < 4.78 is 5.31. The van der Waals surface area contributed by atoms with Gasteiger partial charge in [-0.2, -0.15) is 0 Å². The van der Waals surface area contributed by atoms with E-state index in [1.54, 1.807) is 12.1 Å². The summed E-state index contributed by atoms with van der Waals surface area (Å²) in [6.45, 7) is 5.29. The molecular formula is C16H23N3O4. The molecule has 23 heavy (non-hydrogen) atoms. The van der Waals surface area contributed by atoms with E-state index in [0.717, 1.165) is 38.0 Å². The molecule has 2 rings (SSSR count). The number of carbonyl (C=O) groups excluding carboxylic acids is 1. The maximum atomic E-state index is 12.3. The molecule has 0 atom stereocenters. The lowest BCUT2D eigenvalue weighted by Crippen LogP contribution is -2.36. The summed E-state index contributed by atoms with van der Waals surface area (Å²) in [5.41, 5.74) is 0.781. The van der Waals surface area contributed by atoms with Crippen molar-refractivity contribution in [2.75, 3.05) is 37.7 Å². The first-order chi connectivity index (χ1) is 11.1. The van der Waals surface area contributed by atoms with Crippen molar-refractivity contribution in [2.24, 2.45) is 0 Å². The Hall–Kier alpha value is -2.15. The molecule has 1 aromatic carbocycles. The summed E-state index contributed by atoms with van der Waals surface area (Å²) in [6, 6.07) is 4.71. The number of hydrogen-bond donors (Lipinski definition) is 1. The van der Waals surface area contributed by atoms with Crippen LogP contribution in [0.1, 0.15) is 36.5 Å². The Bertz CT molecular complexity index is 556. The highest BCUT2D eigenvalue weighted by Crippen LogP contribution is 2.25. The highest BCUT2D eigenvalue weighted by molar-refractivity contribution is 5.99. The summed E-state index contributed by atoms with van der Waals surface area (Å²) in [4.78, 5) is 25.1. The Morgan fingerprint density at radius 2 is 2.09 bits per heavy atom. The largest absolute Gasteiger partial charge is 0.378 e. The fourth-order valence-corrected chi connectivity index (χ4v) is 2.56.